The highest BCUT2D eigenvalue weighted by atomic mass is 16.2. The maximum absolute atomic E-state index is 13.5. The van der Waals surface area contributed by atoms with Gasteiger partial charge in [0.05, 0.1) is 18.5 Å². The molecule has 1 saturated heterocycles. The summed E-state index contributed by atoms with van der Waals surface area (Å²) in [6.45, 7) is 7.72. The highest BCUT2D eigenvalue weighted by Gasteiger charge is 2.40. The minimum Gasteiger partial charge on any atom is -0.332 e. The topological polar surface area (TPSA) is 40.6 Å². The average Bonchev–Trinajstić information content (AvgIpc) is 2.69. The van der Waals surface area contributed by atoms with Crippen molar-refractivity contribution in [2.45, 2.75) is 39.2 Å². The number of hydrogen-bond acceptors (Lipinski definition) is 2. The molecule has 2 unspecified atom stereocenters. The maximum atomic E-state index is 13.5. The van der Waals surface area contributed by atoms with Crippen LogP contribution in [0.25, 0.3) is 0 Å². The van der Waals surface area contributed by atoms with Crippen LogP contribution in [0, 0.1) is 12.8 Å². The fourth-order valence-electron chi connectivity index (χ4n) is 4.63. The van der Waals surface area contributed by atoms with Crippen molar-refractivity contribution in [3.63, 3.8) is 0 Å². The highest BCUT2D eigenvalue weighted by molar-refractivity contribution is 5.90. The van der Waals surface area contributed by atoms with Crippen LogP contribution >= 0.6 is 0 Å². The molecule has 0 aliphatic carbocycles. The molecule has 0 bridgehead atoms. The van der Waals surface area contributed by atoms with E-state index >= 15 is 0 Å². The molecule has 0 radical (unpaired) electrons. The highest BCUT2D eigenvalue weighted by Crippen LogP contribution is 2.35. The molecular weight excluding hydrogens is 348 g/mol. The second kappa shape index (κ2) is 7.42. The molecule has 2 aliphatic rings. The summed E-state index contributed by atoms with van der Waals surface area (Å²) in [5, 5.41) is 0. The van der Waals surface area contributed by atoms with Gasteiger partial charge in [-0.3, -0.25) is 9.59 Å². The van der Waals surface area contributed by atoms with Gasteiger partial charge >= 0.3 is 0 Å². The van der Waals surface area contributed by atoms with Gasteiger partial charge in [-0.15, -0.1) is 0 Å². The van der Waals surface area contributed by atoms with Crippen molar-refractivity contribution in [1.29, 1.82) is 0 Å². The van der Waals surface area contributed by atoms with Gasteiger partial charge in [-0.05, 0) is 36.0 Å². The third kappa shape index (κ3) is 3.32. The minimum atomic E-state index is -0.223. The van der Waals surface area contributed by atoms with Gasteiger partial charge in [0.1, 0.15) is 0 Å². The standard InChI is InChI=1S/C24H28N2O2/c1-16(2)23(19-10-8-17(3)9-11-19)24(28)25-14-21-20-7-5-4-6-18(20)12-13-26(21)22(27)15-25/h4-11,16,21,23H,12-15H2,1-3H3. The van der Waals surface area contributed by atoms with Crippen molar-refractivity contribution >= 4 is 11.8 Å². The zero-order chi connectivity index (χ0) is 19.8. The Balaban J connectivity index is 1.63. The van der Waals surface area contributed by atoms with Crippen molar-refractivity contribution in [2.24, 2.45) is 5.92 Å². The van der Waals surface area contributed by atoms with E-state index in [2.05, 4.69) is 38.1 Å². The van der Waals surface area contributed by atoms with E-state index in [-0.39, 0.29) is 36.2 Å². The number of aryl methyl sites for hydroxylation is 1. The van der Waals surface area contributed by atoms with Gasteiger partial charge < -0.3 is 9.80 Å². The van der Waals surface area contributed by atoms with Crippen LogP contribution in [0.4, 0.5) is 0 Å². The summed E-state index contributed by atoms with van der Waals surface area (Å²) in [4.78, 5) is 30.1. The van der Waals surface area contributed by atoms with Crippen LogP contribution in [0.2, 0.25) is 0 Å². The van der Waals surface area contributed by atoms with Crippen LogP contribution in [0.5, 0.6) is 0 Å². The molecule has 2 atom stereocenters. The predicted octanol–water partition coefficient (Wildman–Crippen LogP) is 3.70. The lowest BCUT2D eigenvalue weighted by molar-refractivity contribution is -0.150. The Hall–Kier alpha value is -2.62. The zero-order valence-corrected chi connectivity index (χ0v) is 16.9. The summed E-state index contributed by atoms with van der Waals surface area (Å²) in [5.74, 6) is 0.0705. The molecule has 1 fully saturated rings. The summed E-state index contributed by atoms with van der Waals surface area (Å²) in [5.41, 5.74) is 4.70. The molecule has 2 aliphatic heterocycles. The molecule has 4 nitrogen and oxygen atoms in total. The number of carbonyl (C=O) groups is 2. The predicted molar refractivity (Wildman–Crippen MR) is 110 cm³/mol. The summed E-state index contributed by atoms with van der Waals surface area (Å²) in [6, 6.07) is 16.5. The molecule has 0 saturated carbocycles. The number of carbonyl (C=O) groups excluding carboxylic acids is 2. The summed E-state index contributed by atoms with van der Waals surface area (Å²) in [7, 11) is 0. The number of benzene rings is 2. The average molecular weight is 377 g/mol. The van der Waals surface area contributed by atoms with E-state index in [0.717, 1.165) is 18.5 Å². The number of nitrogens with zero attached hydrogens (tertiary/aromatic N) is 2. The van der Waals surface area contributed by atoms with Gasteiger partial charge in [0.25, 0.3) is 0 Å². The van der Waals surface area contributed by atoms with Crippen LogP contribution in [0.1, 0.15) is 48.1 Å². The number of amides is 2. The van der Waals surface area contributed by atoms with E-state index in [1.54, 1.807) is 4.90 Å². The number of piperazine rings is 1. The molecule has 2 heterocycles. The van der Waals surface area contributed by atoms with Crippen LogP contribution in [-0.2, 0) is 16.0 Å². The fourth-order valence-corrected chi connectivity index (χ4v) is 4.63. The third-order valence-corrected chi connectivity index (χ3v) is 6.13. The quantitative estimate of drug-likeness (QED) is 0.819. The zero-order valence-electron chi connectivity index (χ0n) is 16.9. The van der Waals surface area contributed by atoms with Crippen LogP contribution in [0.3, 0.4) is 0 Å². The SMILES string of the molecule is Cc1ccc(C(C(=O)N2CC(=O)N3CCc4ccccc4C3C2)C(C)C)cc1. The van der Waals surface area contributed by atoms with Crippen molar-refractivity contribution in [2.75, 3.05) is 19.6 Å². The Morgan fingerprint density at radius 3 is 2.50 bits per heavy atom. The first-order chi connectivity index (χ1) is 13.5. The van der Waals surface area contributed by atoms with E-state index in [1.165, 1.54) is 16.7 Å². The van der Waals surface area contributed by atoms with E-state index in [1.807, 2.05) is 36.1 Å². The van der Waals surface area contributed by atoms with Crippen LogP contribution in [-0.4, -0.2) is 41.2 Å². The van der Waals surface area contributed by atoms with Gasteiger partial charge in [0.2, 0.25) is 11.8 Å². The summed E-state index contributed by atoms with van der Waals surface area (Å²) >= 11 is 0. The second-order valence-electron chi connectivity index (χ2n) is 8.40. The summed E-state index contributed by atoms with van der Waals surface area (Å²) < 4.78 is 0. The fraction of sp³-hybridized carbons (Fsp3) is 0.417. The largest absolute Gasteiger partial charge is 0.332 e. The van der Waals surface area contributed by atoms with Crippen LogP contribution in [0.15, 0.2) is 48.5 Å². The van der Waals surface area contributed by atoms with Gasteiger partial charge in [0.15, 0.2) is 0 Å². The Morgan fingerprint density at radius 2 is 1.79 bits per heavy atom. The Bertz CT molecular complexity index is 888. The van der Waals surface area contributed by atoms with E-state index in [4.69, 9.17) is 0 Å². The molecule has 28 heavy (non-hydrogen) atoms. The first-order valence-electron chi connectivity index (χ1n) is 10.2. The minimum absolute atomic E-state index is 0.0269. The van der Waals surface area contributed by atoms with Crippen molar-refractivity contribution in [3.8, 4) is 0 Å². The molecule has 0 spiro atoms. The van der Waals surface area contributed by atoms with Gasteiger partial charge in [-0.2, -0.15) is 0 Å². The number of hydrogen-bond donors (Lipinski definition) is 0. The first kappa shape index (κ1) is 18.7. The number of fused-ring (bicyclic) bond motifs is 3. The monoisotopic (exact) mass is 376 g/mol. The molecule has 2 aromatic carbocycles. The third-order valence-electron chi connectivity index (χ3n) is 6.13. The van der Waals surface area contributed by atoms with Gasteiger partial charge in [-0.25, -0.2) is 0 Å². The summed E-state index contributed by atoms with van der Waals surface area (Å²) in [6.07, 6.45) is 0.893. The smallest absolute Gasteiger partial charge is 0.242 e. The molecule has 0 N–H and O–H groups in total. The van der Waals surface area contributed by atoms with E-state index < -0.39 is 0 Å². The molecule has 2 aromatic rings. The molecule has 2 amide bonds. The van der Waals surface area contributed by atoms with E-state index in [9.17, 15) is 9.59 Å². The lowest BCUT2D eigenvalue weighted by Crippen LogP contribution is -2.56. The normalized spacial score (nSPS) is 20.0. The Labute approximate surface area is 167 Å². The molecular formula is C24H28N2O2. The van der Waals surface area contributed by atoms with Gasteiger partial charge in [0, 0.05) is 13.1 Å². The lowest BCUT2D eigenvalue weighted by Gasteiger charge is -2.45. The van der Waals surface area contributed by atoms with Crippen molar-refractivity contribution in [3.05, 3.63) is 70.8 Å². The molecule has 0 aromatic heterocycles. The Kier molecular flexibility index (Phi) is 4.96. The first-order valence-corrected chi connectivity index (χ1v) is 10.2. The second-order valence-corrected chi connectivity index (χ2v) is 8.40. The Morgan fingerprint density at radius 1 is 1.07 bits per heavy atom. The molecule has 4 heteroatoms. The van der Waals surface area contributed by atoms with E-state index in [0.29, 0.717) is 6.54 Å². The van der Waals surface area contributed by atoms with Gasteiger partial charge in [-0.1, -0.05) is 67.9 Å². The maximum Gasteiger partial charge on any atom is 0.242 e. The van der Waals surface area contributed by atoms with Crippen molar-refractivity contribution < 1.29 is 9.59 Å². The lowest BCUT2D eigenvalue weighted by atomic mass is 9.85. The van der Waals surface area contributed by atoms with Crippen molar-refractivity contribution in [1.82, 2.24) is 9.80 Å². The van der Waals surface area contributed by atoms with Crippen LogP contribution < -0.4 is 0 Å². The molecule has 146 valence electrons. The number of rotatable bonds is 3. The molecule has 4 rings (SSSR count).